The van der Waals surface area contributed by atoms with Crippen LogP contribution < -0.4 is 0 Å². The topological polar surface area (TPSA) is 40.6 Å². The Labute approximate surface area is 127 Å². The first kappa shape index (κ1) is 14.9. The van der Waals surface area contributed by atoms with Crippen molar-refractivity contribution in [2.45, 2.75) is 45.3 Å². The van der Waals surface area contributed by atoms with Crippen molar-refractivity contribution in [2.75, 3.05) is 6.54 Å². The van der Waals surface area contributed by atoms with E-state index in [4.69, 9.17) is 0 Å². The Hall–Kier alpha value is -1.98. The van der Waals surface area contributed by atoms with E-state index in [-0.39, 0.29) is 23.9 Å². The van der Waals surface area contributed by atoms with Gasteiger partial charge in [-0.15, -0.1) is 0 Å². The maximum Gasteiger partial charge on any atom is 0.246 e. The second-order valence-electron chi connectivity index (χ2n) is 5.99. The molecule has 6 heteroatoms. The Morgan fingerprint density at radius 3 is 2.68 bits per heavy atom. The smallest absolute Gasteiger partial charge is 0.246 e. The zero-order valence-corrected chi connectivity index (χ0v) is 12.6. The zero-order valence-electron chi connectivity index (χ0n) is 12.6. The molecule has 2 aliphatic heterocycles. The lowest BCUT2D eigenvalue weighted by atomic mass is 10.0. The van der Waals surface area contributed by atoms with Crippen LogP contribution >= 0.6 is 0 Å². The van der Waals surface area contributed by atoms with Crippen molar-refractivity contribution in [1.82, 2.24) is 9.80 Å². The maximum absolute atomic E-state index is 14.2. The van der Waals surface area contributed by atoms with E-state index in [2.05, 4.69) is 0 Å². The van der Waals surface area contributed by atoms with Crippen LogP contribution in [-0.4, -0.2) is 40.2 Å². The largest absolute Gasteiger partial charge is 0.329 e. The highest BCUT2D eigenvalue weighted by Crippen LogP contribution is 2.29. The first-order valence-corrected chi connectivity index (χ1v) is 7.46. The molecule has 0 radical (unpaired) electrons. The third-order valence-electron chi connectivity index (χ3n) is 4.64. The van der Waals surface area contributed by atoms with Gasteiger partial charge in [-0.3, -0.25) is 9.59 Å². The molecular formula is C16H18F2N2O2. The van der Waals surface area contributed by atoms with Gasteiger partial charge in [-0.05, 0) is 38.3 Å². The highest BCUT2D eigenvalue weighted by molar-refractivity contribution is 5.97. The summed E-state index contributed by atoms with van der Waals surface area (Å²) in [5, 5.41) is 0. The van der Waals surface area contributed by atoms with Crippen molar-refractivity contribution in [2.24, 2.45) is 0 Å². The van der Waals surface area contributed by atoms with Gasteiger partial charge < -0.3 is 9.80 Å². The van der Waals surface area contributed by atoms with E-state index in [1.165, 1.54) is 17.0 Å². The number of carbonyl (C=O) groups is 2. The number of halogens is 2. The fraction of sp³-hybridized carbons (Fsp3) is 0.500. The summed E-state index contributed by atoms with van der Waals surface area (Å²) in [6.45, 7) is 3.53. The third kappa shape index (κ3) is 2.17. The van der Waals surface area contributed by atoms with Crippen LogP contribution in [0.1, 0.15) is 30.9 Å². The Kier molecular flexibility index (Phi) is 3.62. The average molecular weight is 308 g/mol. The molecule has 3 rings (SSSR count). The molecule has 0 aromatic heterocycles. The second-order valence-corrected chi connectivity index (χ2v) is 5.99. The van der Waals surface area contributed by atoms with Gasteiger partial charge in [0.05, 0.1) is 6.54 Å². The summed E-state index contributed by atoms with van der Waals surface area (Å²) in [5.74, 6) is -1.70. The van der Waals surface area contributed by atoms with Crippen molar-refractivity contribution < 1.29 is 18.4 Å². The molecule has 0 saturated carbocycles. The number of carbonyl (C=O) groups excluding carboxylic acids is 2. The van der Waals surface area contributed by atoms with Crippen molar-refractivity contribution in [1.29, 1.82) is 0 Å². The van der Waals surface area contributed by atoms with Crippen molar-refractivity contribution in [3.05, 3.63) is 34.9 Å². The maximum atomic E-state index is 14.2. The summed E-state index contributed by atoms with van der Waals surface area (Å²) in [7, 11) is 0. The quantitative estimate of drug-likeness (QED) is 0.838. The van der Waals surface area contributed by atoms with Crippen LogP contribution in [0.2, 0.25) is 0 Å². The lowest BCUT2D eigenvalue weighted by Crippen LogP contribution is -2.61. The molecule has 0 bridgehead atoms. The Balaban J connectivity index is 1.93. The van der Waals surface area contributed by atoms with Gasteiger partial charge in [-0.25, -0.2) is 8.78 Å². The molecule has 118 valence electrons. The molecule has 4 nitrogen and oxygen atoms in total. The molecule has 2 amide bonds. The number of amides is 2. The minimum atomic E-state index is -0.693. The van der Waals surface area contributed by atoms with Gasteiger partial charge in [-0.1, -0.05) is 6.07 Å². The Morgan fingerprint density at radius 2 is 1.95 bits per heavy atom. The van der Waals surface area contributed by atoms with Gasteiger partial charge in [0.15, 0.2) is 0 Å². The summed E-state index contributed by atoms with van der Waals surface area (Å²) in [6.07, 6.45) is 1.41. The molecule has 2 saturated heterocycles. The van der Waals surface area contributed by atoms with Crippen molar-refractivity contribution in [3.63, 3.8) is 0 Å². The predicted octanol–water partition coefficient (Wildman–Crippen LogP) is 1.99. The lowest BCUT2D eigenvalue weighted by Gasteiger charge is -2.41. The Morgan fingerprint density at radius 1 is 1.23 bits per heavy atom. The summed E-state index contributed by atoms with van der Waals surface area (Å²) in [5.41, 5.74) is 0.168. The third-order valence-corrected chi connectivity index (χ3v) is 4.64. The average Bonchev–Trinajstić information content (AvgIpc) is 2.98. The molecule has 2 fully saturated rings. The second kappa shape index (κ2) is 5.34. The zero-order chi connectivity index (χ0) is 16.0. The van der Waals surface area contributed by atoms with Crippen LogP contribution in [0, 0.1) is 18.6 Å². The standard InChI is InChI=1S/C16H18F2N2O2/c1-9-5-6-12(17)11(14(9)18)8-20-10(2)15(21)19-7-3-4-13(19)16(20)22/h5-6,10,13H,3-4,7-8H2,1-2H3/t10-,13-/m0/s1. The van der Waals surface area contributed by atoms with E-state index in [9.17, 15) is 18.4 Å². The van der Waals surface area contributed by atoms with Crippen LogP contribution in [0.5, 0.6) is 0 Å². The molecule has 2 aliphatic rings. The van der Waals surface area contributed by atoms with E-state index >= 15 is 0 Å². The molecular weight excluding hydrogens is 290 g/mol. The summed E-state index contributed by atoms with van der Waals surface area (Å²) in [6, 6.07) is 1.39. The molecule has 2 atom stereocenters. The number of hydrogen-bond acceptors (Lipinski definition) is 2. The van der Waals surface area contributed by atoms with Crippen LogP contribution in [-0.2, 0) is 16.1 Å². The molecule has 0 N–H and O–H groups in total. The molecule has 2 heterocycles. The molecule has 0 spiro atoms. The highest BCUT2D eigenvalue weighted by atomic mass is 19.1. The normalized spacial score (nSPS) is 24.9. The summed E-state index contributed by atoms with van der Waals surface area (Å²) >= 11 is 0. The van der Waals surface area contributed by atoms with E-state index in [0.717, 1.165) is 6.42 Å². The number of piperazine rings is 1. The monoisotopic (exact) mass is 308 g/mol. The summed E-state index contributed by atoms with van der Waals surface area (Å²) < 4.78 is 28.1. The molecule has 0 aliphatic carbocycles. The van der Waals surface area contributed by atoms with Crippen LogP contribution in [0.3, 0.4) is 0 Å². The minimum Gasteiger partial charge on any atom is -0.329 e. The first-order chi connectivity index (χ1) is 10.4. The van der Waals surface area contributed by atoms with Crippen molar-refractivity contribution in [3.8, 4) is 0 Å². The molecule has 22 heavy (non-hydrogen) atoms. The SMILES string of the molecule is Cc1ccc(F)c(CN2C(=O)[C@@H]3CCCN3C(=O)[C@@H]2C)c1F. The fourth-order valence-corrected chi connectivity index (χ4v) is 3.29. The highest BCUT2D eigenvalue weighted by Gasteiger charge is 2.46. The predicted molar refractivity (Wildman–Crippen MR) is 75.8 cm³/mol. The van der Waals surface area contributed by atoms with Crippen molar-refractivity contribution >= 4 is 11.8 Å². The van der Waals surface area contributed by atoms with Crippen LogP contribution in [0.15, 0.2) is 12.1 Å². The number of aryl methyl sites for hydroxylation is 1. The molecule has 1 aromatic carbocycles. The van der Waals surface area contributed by atoms with E-state index in [1.807, 2.05) is 0 Å². The van der Waals surface area contributed by atoms with E-state index in [1.54, 1.807) is 18.7 Å². The van der Waals surface area contributed by atoms with Crippen LogP contribution in [0.4, 0.5) is 8.78 Å². The number of nitrogens with zero attached hydrogens (tertiary/aromatic N) is 2. The van der Waals surface area contributed by atoms with Gasteiger partial charge in [0.1, 0.15) is 23.7 Å². The van der Waals surface area contributed by atoms with Gasteiger partial charge in [0, 0.05) is 12.1 Å². The molecule has 1 aromatic rings. The summed E-state index contributed by atoms with van der Waals surface area (Å²) in [4.78, 5) is 27.8. The number of benzene rings is 1. The van der Waals surface area contributed by atoms with Gasteiger partial charge in [0.25, 0.3) is 0 Å². The van der Waals surface area contributed by atoms with E-state index in [0.29, 0.717) is 18.5 Å². The fourth-order valence-electron chi connectivity index (χ4n) is 3.29. The molecule has 0 unspecified atom stereocenters. The van der Waals surface area contributed by atoms with Gasteiger partial charge >= 0.3 is 0 Å². The first-order valence-electron chi connectivity index (χ1n) is 7.46. The van der Waals surface area contributed by atoms with Gasteiger partial charge in [-0.2, -0.15) is 0 Å². The number of hydrogen-bond donors (Lipinski definition) is 0. The van der Waals surface area contributed by atoms with Crippen LogP contribution in [0.25, 0.3) is 0 Å². The Bertz CT molecular complexity index is 647. The minimum absolute atomic E-state index is 0.143. The van der Waals surface area contributed by atoms with E-state index < -0.39 is 23.7 Å². The van der Waals surface area contributed by atoms with Gasteiger partial charge in [0.2, 0.25) is 11.8 Å². The number of rotatable bonds is 2. The lowest BCUT2D eigenvalue weighted by molar-refractivity contribution is -0.159. The number of fused-ring (bicyclic) bond motifs is 1.